The number of benzene rings is 1. The first kappa shape index (κ1) is 11.5. The molecule has 0 heterocycles. The van der Waals surface area contributed by atoms with Crippen LogP contribution in [0.5, 0.6) is 5.75 Å². The van der Waals surface area contributed by atoms with Crippen molar-refractivity contribution < 1.29 is 4.74 Å². The zero-order valence-corrected chi connectivity index (χ0v) is 10.1. The maximum atomic E-state index is 6.10. The Balaban J connectivity index is 2.07. The van der Waals surface area contributed by atoms with E-state index in [0.717, 1.165) is 12.2 Å². The fourth-order valence-electron chi connectivity index (χ4n) is 2.47. The lowest BCUT2D eigenvalue weighted by Crippen LogP contribution is -2.22. The summed E-state index contributed by atoms with van der Waals surface area (Å²) >= 11 is 0. The predicted molar refractivity (Wildman–Crippen MR) is 66.8 cm³/mol. The molecule has 1 saturated carbocycles. The molecule has 0 unspecified atom stereocenters. The topological polar surface area (TPSA) is 35.2 Å². The molecule has 2 N–H and O–H groups in total. The summed E-state index contributed by atoms with van der Waals surface area (Å²) in [5, 5.41) is 0. The molecule has 16 heavy (non-hydrogen) atoms. The standard InChI is InChI=1S/C14H21NO/c1-10(2)16-12-8-6-11(7-9-12)13-4-3-5-14(13)15/h6-10,13-14H,3-5,15H2,1-2H3/t13-,14-/m0/s1. The first-order valence-corrected chi connectivity index (χ1v) is 6.19. The Bertz CT molecular complexity index is 331. The molecule has 1 aromatic rings. The molecule has 0 spiro atoms. The predicted octanol–water partition coefficient (Wildman–Crippen LogP) is 3.07. The monoisotopic (exact) mass is 219 g/mol. The lowest BCUT2D eigenvalue weighted by atomic mass is 9.95. The van der Waals surface area contributed by atoms with Gasteiger partial charge in [-0.05, 0) is 50.3 Å². The smallest absolute Gasteiger partial charge is 0.119 e. The average molecular weight is 219 g/mol. The van der Waals surface area contributed by atoms with E-state index in [1.54, 1.807) is 0 Å². The van der Waals surface area contributed by atoms with Gasteiger partial charge < -0.3 is 10.5 Å². The highest BCUT2D eigenvalue weighted by atomic mass is 16.5. The summed E-state index contributed by atoms with van der Waals surface area (Å²) in [4.78, 5) is 0. The maximum Gasteiger partial charge on any atom is 0.119 e. The molecule has 2 atom stereocenters. The minimum Gasteiger partial charge on any atom is -0.491 e. The van der Waals surface area contributed by atoms with Gasteiger partial charge >= 0.3 is 0 Å². The summed E-state index contributed by atoms with van der Waals surface area (Å²) in [6.45, 7) is 4.08. The van der Waals surface area contributed by atoms with E-state index in [1.165, 1.54) is 18.4 Å². The van der Waals surface area contributed by atoms with Crippen molar-refractivity contribution in [2.24, 2.45) is 5.73 Å². The molecule has 2 rings (SSSR count). The van der Waals surface area contributed by atoms with Gasteiger partial charge in [0, 0.05) is 6.04 Å². The average Bonchev–Trinajstić information content (AvgIpc) is 2.65. The third-order valence-corrected chi connectivity index (χ3v) is 3.25. The molecule has 2 nitrogen and oxygen atoms in total. The highest BCUT2D eigenvalue weighted by Gasteiger charge is 2.25. The van der Waals surface area contributed by atoms with Crippen molar-refractivity contribution in [3.05, 3.63) is 29.8 Å². The van der Waals surface area contributed by atoms with Crippen molar-refractivity contribution in [2.75, 3.05) is 0 Å². The van der Waals surface area contributed by atoms with Crippen molar-refractivity contribution in [3.63, 3.8) is 0 Å². The van der Waals surface area contributed by atoms with Crippen LogP contribution in [-0.2, 0) is 0 Å². The number of nitrogens with two attached hydrogens (primary N) is 1. The minimum atomic E-state index is 0.236. The van der Waals surface area contributed by atoms with Gasteiger partial charge in [-0.25, -0.2) is 0 Å². The number of rotatable bonds is 3. The number of ether oxygens (including phenoxy) is 1. The molecule has 1 aromatic carbocycles. The van der Waals surface area contributed by atoms with Gasteiger partial charge in [0.25, 0.3) is 0 Å². The van der Waals surface area contributed by atoms with Gasteiger partial charge in [-0.2, -0.15) is 0 Å². The van der Waals surface area contributed by atoms with Gasteiger partial charge in [-0.1, -0.05) is 18.6 Å². The van der Waals surface area contributed by atoms with Gasteiger partial charge in [-0.15, -0.1) is 0 Å². The fraction of sp³-hybridized carbons (Fsp3) is 0.571. The molecule has 1 fully saturated rings. The van der Waals surface area contributed by atoms with E-state index >= 15 is 0 Å². The van der Waals surface area contributed by atoms with E-state index in [-0.39, 0.29) is 6.10 Å². The van der Waals surface area contributed by atoms with E-state index in [4.69, 9.17) is 10.5 Å². The lowest BCUT2D eigenvalue weighted by molar-refractivity contribution is 0.242. The summed E-state index contributed by atoms with van der Waals surface area (Å²) < 4.78 is 5.63. The van der Waals surface area contributed by atoms with Crippen LogP contribution >= 0.6 is 0 Å². The Hall–Kier alpha value is -1.02. The first-order chi connectivity index (χ1) is 7.66. The van der Waals surface area contributed by atoms with Crippen LogP contribution in [-0.4, -0.2) is 12.1 Å². The van der Waals surface area contributed by atoms with Crippen LogP contribution < -0.4 is 10.5 Å². The van der Waals surface area contributed by atoms with Crippen LogP contribution in [0.3, 0.4) is 0 Å². The minimum absolute atomic E-state index is 0.236. The van der Waals surface area contributed by atoms with Crippen molar-refractivity contribution >= 4 is 0 Å². The van der Waals surface area contributed by atoms with Crippen molar-refractivity contribution in [1.82, 2.24) is 0 Å². The molecule has 1 aliphatic carbocycles. The molecule has 0 aromatic heterocycles. The van der Waals surface area contributed by atoms with Crippen LogP contribution in [0.1, 0.15) is 44.6 Å². The summed E-state index contributed by atoms with van der Waals surface area (Å²) in [5.74, 6) is 1.50. The third-order valence-electron chi connectivity index (χ3n) is 3.25. The van der Waals surface area contributed by atoms with Gasteiger partial charge in [0.2, 0.25) is 0 Å². The summed E-state index contributed by atoms with van der Waals surface area (Å²) in [6.07, 6.45) is 3.89. The molecule has 0 aliphatic heterocycles. The molecular formula is C14H21NO. The molecule has 0 radical (unpaired) electrons. The normalized spacial score (nSPS) is 25.0. The maximum absolute atomic E-state index is 6.10. The Kier molecular flexibility index (Phi) is 3.49. The Morgan fingerprint density at radius 2 is 1.88 bits per heavy atom. The highest BCUT2D eigenvalue weighted by molar-refractivity contribution is 5.31. The highest BCUT2D eigenvalue weighted by Crippen LogP contribution is 2.33. The van der Waals surface area contributed by atoms with E-state index in [9.17, 15) is 0 Å². The fourth-order valence-corrected chi connectivity index (χ4v) is 2.47. The summed E-state index contributed by atoms with van der Waals surface area (Å²) in [7, 11) is 0. The van der Waals surface area contributed by atoms with E-state index in [1.807, 2.05) is 13.8 Å². The molecule has 0 bridgehead atoms. The van der Waals surface area contributed by atoms with Gasteiger partial charge in [0.1, 0.15) is 5.75 Å². The molecule has 0 saturated heterocycles. The first-order valence-electron chi connectivity index (χ1n) is 6.19. The van der Waals surface area contributed by atoms with Crippen molar-refractivity contribution in [2.45, 2.75) is 51.2 Å². The summed E-state index contributed by atoms with van der Waals surface area (Å²) in [5.41, 5.74) is 7.46. The molecule has 1 aliphatic rings. The number of hydrogen-bond donors (Lipinski definition) is 1. The summed E-state index contributed by atoms with van der Waals surface area (Å²) in [6, 6.07) is 8.78. The second-order valence-corrected chi connectivity index (χ2v) is 4.94. The molecular weight excluding hydrogens is 198 g/mol. The van der Waals surface area contributed by atoms with Gasteiger partial charge in [0.15, 0.2) is 0 Å². The van der Waals surface area contributed by atoms with E-state index < -0.39 is 0 Å². The largest absolute Gasteiger partial charge is 0.491 e. The Labute approximate surface area is 97.8 Å². The van der Waals surface area contributed by atoms with Crippen LogP contribution in [0.25, 0.3) is 0 Å². The van der Waals surface area contributed by atoms with Gasteiger partial charge in [-0.3, -0.25) is 0 Å². The van der Waals surface area contributed by atoms with Crippen LogP contribution in [0.2, 0.25) is 0 Å². The second-order valence-electron chi connectivity index (χ2n) is 4.94. The van der Waals surface area contributed by atoms with Gasteiger partial charge in [0.05, 0.1) is 6.10 Å². The number of hydrogen-bond acceptors (Lipinski definition) is 2. The lowest BCUT2D eigenvalue weighted by Gasteiger charge is -2.16. The zero-order valence-electron chi connectivity index (χ0n) is 10.1. The van der Waals surface area contributed by atoms with Crippen LogP contribution in [0.15, 0.2) is 24.3 Å². The van der Waals surface area contributed by atoms with E-state index in [2.05, 4.69) is 24.3 Å². The SMILES string of the molecule is CC(C)Oc1ccc([C@@H]2CCC[C@@H]2N)cc1. The molecule has 88 valence electrons. The van der Waals surface area contributed by atoms with Crippen molar-refractivity contribution in [1.29, 1.82) is 0 Å². The van der Waals surface area contributed by atoms with Crippen LogP contribution in [0.4, 0.5) is 0 Å². The molecule has 0 amide bonds. The molecule has 2 heteroatoms. The third kappa shape index (κ3) is 2.56. The quantitative estimate of drug-likeness (QED) is 0.848. The Morgan fingerprint density at radius 3 is 2.38 bits per heavy atom. The zero-order chi connectivity index (χ0) is 11.5. The van der Waals surface area contributed by atoms with Crippen molar-refractivity contribution in [3.8, 4) is 5.75 Å². The van der Waals surface area contributed by atoms with Crippen LogP contribution in [0, 0.1) is 0 Å². The second kappa shape index (κ2) is 4.88. The Morgan fingerprint density at radius 1 is 1.19 bits per heavy atom. The van der Waals surface area contributed by atoms with E-state index in [0.29, 0.717) is 12.0 Å².